The fraction of sp³-hybridized carbons (Fsp3) is 0.200. The Hall–Kier alpha value is -2.08. The van der Waals surface area contributed by atoms with Crippen LogP contribution in [0.25, 0.3) is 0 Å². The maximum atomic E-state index is 6.01. The average Bonchev–Trinajstić information content (AvgIpc) is 2.75. The molecule has 0 amide bonds. The first-order valence-corrected chi connectivity index (χ1v) is 4.78. The minimum Gasteiger partial charge on any atom is -0.497 e. The van der Waals surface area contributed by atoms with Crippen molar-refractivity contribution >= 4 is 5.95 Å². The van der Waals surface area contributed by atoms with Crippen molar-refractivity contribution in [1.82, 2.24) is 15.2 Å². The van der Waals surface area contributed by atoms with E-state index < -0.39 is 0 Å². The smallest absolute Gasteiger partial charge is 0.239 e. The summed E-state index contributed by atoms with van der Waals surface area (Å²) in [5.41, 5.74) is 12.3. The van der Waals surface area contributed by atoms with Crippen LogP contribution in [0.3, 0.4) is 0 Å². The Morgan fingerprint density at radius 2 is 2.25 bits per heavy atom. The predicted molar refractivity (Wildman–Crippen MR) is 59.8 cm³/mol. The molecule has 0 aliphatic rings. The molecule has 0 unspecified atom stereocenters. The van der Waals surface area contributed by atoms with Crippen molar-refractivity contribution in [1.29, 1.82) is 0 Å². The van der Waals surface area contributed by atoms with Gasteiger partial charge in [0.25, 0.3) is 0 Å². The van der Waals surface area contributed by atoms with Crippen molar-refractivity contribution in [2.24, 2.45) is 5.73 Å². The first-order chi connectivity index (χ1) is 7.70. The van der Waals surface area contributed by atoms with Crippen LogP contribution >= 0.6 is 0 Å². The molecule has 0 saturated carbocycles. The lowest BCUT2D eigenvalue weighted by Gasteiger charge is -2.09. The number of aromatic nitrogens is 3. The summed E-state index contributed by atoms with van der Waals surface area (Å²) in [7, 11) is 1.61. The van der Waals surface area contributed by atoms with Crippen molar-refractivity contribution in [3.05, 3.63) is 35.7 Å². The van der Waals surface area contributed by atoms with Crippen LogP contribution in [0.2, 0.25) is 0 Å². The molecule has 1 aromatic heterocycles. The maximum Gasteiger partial charge on any atom is 0.239 e. The minimum atomic E-state index is -0.389. The molecule has 0 fully saturated rings. The van der Waals surface area contributed by atoms with Crippen LogP contribution in [-0.4, -0.2) is 22.3 Å². The number of hydrogen-bond acceptors (Lipinski definition) is 5. The number of anilines is 1. The molecule has 1 aromatic carbocycles. The molecule has 1 heterocycles. The number of ether oxygens (including phenoxy) is 1. The second-order valence-electron chi connectivity index (χ2n) is 3.33. The number of benzene rings is 1. The first kappa shape index (κ1) is 10.4. The molecular formula is C10H13N5O. The van der Waals surface area contributed by atoms with Crippen molar-refractivity contribution in [3.63, 3.8) is 0 Å². The van der Waals surface area contributed by atoms with E-state index in [1.54, 1.807) is 7.11 Å². The minimum absolute atomic E-state index is 0.188. The van der Waals surface area contributed by atoms with Crippen molar-refractivity contribution in [3.8, 4) is 5.75 Å². The molecule has 2 aromatic rings. The summed E-state index contributed by atoms with van der Waals surface area (Å²) in [5, 5.41) is 6.43. The summed E-state index contributed by atoms with van der Waals surface area (Å²) in [6, 6.07) is 7.08. The third kappa shape index (κ3) is 1.96. The van der Waals surface area contributed by atoms with Gasteiger partial charge in [-0.2, -0.15) is 4.98 Å². The molecule has 2 rings (SSSR count). The van der Waals surface area contributed by atoms with E-state index in [9.17, 15) is 0 Å². The highest BCUT2D eigenvalue weighted by Gasteiger charge is 2.13. The van der Waals surface area contributed by atoms with E-state index in [0.717, 1.165) is 11.3 Å². The largest absolute Gasteiger partial charge is 0.497 e. The SMILES string of the molecule is COc1cccc([C@H](N)c2nc(N)n[nH]2)c1. The molecule has 0 bridgehead atoms. The van der Waals surface area contributed by atoms with Crippen LogP contribution < -0.4 is 16.2 Å². The Balaban J connectivity index is 2.29. The molecule has 0 aliphatic heterocycles. The van der Waals surface area contributed by atoms with Crippen LogP contribution in [0.5, 0.6) is 5.75 Å². The van der Waals surface area contributed by atoms with E-state index in [4.69, 9.17) is 16.2 Å². The fourth-order valence-corrected chi connectivity index (χ4v) is 1.42. The second-order valence-corrected chi connectivity index (χ2v) is 3.33. The number of nitrogens with two attached hydrogens (primary N) is 2. The molecular weight excluding hydrogens is 206 g/mol. The first-order valence-electron chi connectivity index (χ1n) is 4.78. The van der Waals surface area contributed by atoms with Gasteiger partial charge in [0.15, 0.2) is 0 Å². The van der Waals surface area contributed by atoms with E-state index in [-0.39, 0.29) is 12.0 Å². The predicted octanol–water partition coefficient (Wildman–Crippen LogP) is 0.444. The van der Waals surface area contributed by atoms with Gasteiger partial charge in [-0.25, -0.2) is 0 Å². The molecule has 1 atom stereocenters. The number of nitrogens with zero attached hydrogens (tertiary/aromatic N) is 2. The van der Waals surface area contributed by atoms with Crippen LogP contribution in [0.15, 0.2) is 24.3 Å². The summed E-state index contributed by atoms with van der Waals surface area (Å²) in [6.07, 6.45) is 0. The van der Waals surface area contributed by atoms with Crippen LogP contribution in [0.1, 0.15) is 17.4 Å². The molecule has 0 saturated heterocycles. The van der Waals surface area contributed by atoms with E-state index >= 15 is 0 Å². The third-order valence-corrected chi connectivity index (χ3v) is 2.27. The summed E-state index contributed by atoms with van der Waals surface area (Å²) in [6.45, 7) is 0. The molecule has 6 heteroatoms. The molecule has 0 aliphatic carbocycles. The number of nitrogens with one attached hydrogen (secondary N) is 1. The quantitative estimate of drug-likeness (QED) is 0.695. The monoisotopic (exact) mass is 219 g/mol. The summed E-state index contributed by atoms with van der Waals surface area (Å²) < 4.78 is 5.12. The molecule has 0 spiro atoms. The van der Waals surface area contributed by atoms with Crippen LogP contribution in [0.4, 0.5) is 5.95 Å². The highest BCUT2D eigenvalue weighted by molar-refractivity contribution is 5.33. The number of nitrogen functional groups attached to an aromatic ring is 1. The van der Waals surface area contributed by atoms with Crippen LogP contribution in [-0.2, 0) is 0 Å². The molecule has 84 valence electrons. The zero-order valence-electron chi connectivity index (χ0n) is 8.84. The van der Waals surface area contributed by atoms with E-state index in [2.05, 4.69) is 15.2 Å². The Labute approximate surface area is 92.6 Å². The molecule has 5 N–H and O–H groups in total. The van der Waals surface area contributed by atoms with Crippen LogP contribution in [0, 0.1) is 0 Å². The zero-order chi connectivity index (χ0) is 11.5. The van der Waals surface area contributed by atoms with Gasteiger partial charge in [0, 0.05) is 0 Å². The number of aromatic amines is 1. The van der Waals surface area contributed by atoms with Crippen molar-refractivity contribution in [2.75, 3.05) is 12.8 Å². The normalized spacial score (nSPS) is 12.4. The standard InChI is InChI=1S/C10H13N5O/c1-16-7-4-2-3-6(5-7)8(11)9-13-10(12)15-14-9/h2-5,8H,11H2,1H3,(H3,12,13,14,15)/t8-/m0/s1. The highest BCUT2D eigenvalue weighted by atomic mass is 16.5. The van der Waals surface area contributed by atoms with E-state index in [0.29, 0.717) is 5.82 Å². The van der Waals surface area contributed by atoms with Crippen molar-refractivity contribution in [2.45, 2.75) is 6.04 Å². The van der Waals surface area contributed by atoms with E-state index in [1.165, 1.54) is 0 Å². The van der Waals surface area contributed by atoms with E-state index in [1.807, 2.05) is 24.3 Å². The van der Waals surface area contributed by atoms with Gasteiger partial charge in [0.1, 0.15) is 11.6 Å². The van der Waals surface area contributed by atoms with Gasteiger partial charge in [-0.3, -0.25) is 5.10 Å². The molecule has 0 radical (unpaired) electrons. The van der Waals surface area contributed by atoms with Gasteiger partial charge in [-0.05, 0) is 17.7 Å². The van der Waals surface area contributed by atoms with Gasteiger partial charge in [-0.15, -0.1) is 5.10 Å². The lowest BCUT2D eigenvalue weighted by atomic mass is 10.1. The average molecular weight is 219 g/mol. The molecule has 16 heavy (non-hydrogen) atoms. The summed E-state index contributed by atoms with van der Waals surface area (Å²) >= 11 is 0. The van der Waals surface area contributed by atoms with Gasteiger partial charge in [0.05, 0.1) is 13.2 Å². The van der Waals surface area contributed by atoms with Gasteiger partial charge in [0.2, 0.25) is 5.95 Å². The number of H-pyrrole nitrogens is 1. The zero-order valence-corrected chi connectivity index (χ0v) is 8.84. The van der Waals surface area contributed by atoms with Gasteiger partial charge in [-0.1, -0.05) is 12.1 Å². The van der Waals surface area contributed by atoms with Crippen molar-refractivity contribution < 1.29 is 4.74 Å². The number of rotatable bonds is 3. The Morgan fingerprint density at radius 3 is 2.88 bits per heavy atom. The number of hydrogen-bond donors (Lipinski definition) is 3. The Kier molecular flexibility index (Phi) is 2.74. The lowest BCUT2D eigenvalue weighted by Crippen LogP contribution is -2.13. The number of methoxy groups -OCH3 is 1. The highest BCUT2D eigenvalue weighted by Crippen LogP contribution is 2.20. The Morgan fingerprint density at radius 1 is 1.44 bits per heavy atom. The Bertz CT molecular complexity index is 482. The second kappa shape index (κ2) is 4.19. The fourth-order valence-electron chi connectivity index (χ4n) is 1.42. The van der Waals surface area contributed by atoms with Gasteiger partial charge < -0.3 is 16.2 Å². The summed E-state index contributed by atoms with van der Waals surface area (Å²) in [5.74, 6) is 1.47. The maximum absolute atomic E-state index is 6.01. The van der Waals surface area contributed by atoms with Gasteiger partial charge >= 0.3 is 0 Å². The lowest BCUT2D eigenvalue weighted by molar-refractivity contribution is 0.414. The topological polar surface area (TPSA) is 103 Å². The third-order valence-electron chi connectivity index (χ3n) is 2.27. The summed E-state index contributed by atoms with van der Waals surface area (Å²) in [4.78, 5) is 3.99. The molecule has 6 nitrogen and oxygen atoms in total.